The van der Waals surface area contributed by atoms with Gasteiger partial charge in [-0.05, 0) is 97.5 Å². The molecule has 2 aromatic heterocycles. The van der Waals surface area contributed by atoms with Crippen LogP contribution in [0.1, 0.15) is 45.5 Å². The Bertz CT molecular complexity index is 1300. The van der Waals surface area contributed by atoms with Gasteiger partial charge in [0.15, 0.2) is 0 Å². The first kappa shape index (κ1) is 25.7. The minimum Gasteiger partial charge on any atom is -0.508 e. The van der Waals surface area contributed by atoms with Gasteiger partial charge in [-0.3, -0.25) is 14.8 Å². The molecule has 0 radical (unpaired) electrons. The number of benzene rings is 2. The van der Waals surface area contributed by atoms with Crippen LogP contribution >= 0.6 is 23.2 Å². The molecule has 2 atom stereocenters. The van der Waals surface area contributed by atoms with Gasteiger partial charge in [-0.2, -0.15) is 0 Å². The van der Waals surface area contributed by atoms with Crippen LogP contribution in [0.3, 0.4) is 0 Å². The van der Waals surface area contributed by atoms with Crippen molar-refractivity contribution in [2.75, 3.05) is 0 Å². The van der Waals surface area contributed by atoms with E-state index in [2.05, 4.69) is 9.97 Å². The van der Waals surface area contributed by atoms with Gasteiger partial charge in [0.25, 0.3) is 0 Å². The number of phenols is 2. The average Bonchev–Trinajstić information content (AvgIpc) is 2.83. The molecule has 0 saturated heterocycles. The summed E-state index contributed by atoms with van der Waals surface area (Å²) >= 11 is 12.9. The van der Waals surface area contributed by atoms with Gasteiger partial charge < -0.3 is 10.2 Å². The number of pyridine rings is 2. The molecule has 2 unspecified atom stereocenters. The Hall–Kier alpha value is -3.41. The largest absolute Gasteiger partial charge is 0.508 e. The number of carbonyl (C=O) groups is 1. The lowest BCUT2D eigenvalue weighted by Gasteiger charge is -2.25. The van der Waals surface area contributed by atoms with Crippen LogP contribution in [0.4, 0.5) is 0 Å². The first-order valence-corrected chi connectivity index (χ1v) is 12.3. The predicted molar refractivity (Wildman–Crippen MR) is 142 cm³/mol. The molecule has 2 aromatic carbocycles. The second kappa shape index (κ2) is 11.1. The molecular weight excluding hydrogens is 495 g/mol. The molecule has 184 valence electrons. The Labute approximate surface area is 220 Å². The third-order valence-corrected chi connectivity index (χ3v) is 6.96. The smallest absolute Gasteiger partial charge is 0.148 e. The van der Waals surface area contributed by atoms with E-state index >= 15 is 0 Å². The maximum absolute atomic E-state index is 14.4. The number of aromatic nitrogens is 2. The summed E-state index contributed by atoms with van der Waals surface area (Å²) in [6, 6.07) is 17.1. The van der Waals surface area contributed by atoms with E-state index in [9.17, 15) is 15.0 Å². The predicted octanol–water partition coefficient (Wildman–Crippen LogP) is 6.73. The lowest BCUT2D eigenvalue weighted by Crippen LogP contribution is -2.25. The van der Waals surface area contributed by atoms with E-state index in [4.69, 9.17) is 23.2 Å². The standard InChI is InChI=1S/C29H26Cl2N2O3/c1-17-11-19(7-9-32-17)25(13-21-3-5-23(34)15-27(21)30)29(36)26(20-8-10-33-18(2)12-20)14-22-4-6-24(35)16-28(22)31/h3-12,15-16,25-26,34-35H,13-14H2,1-2H3. The van der Waals surface area contributed by atoms with Crippen LogP contribution in [0, 0.1) is 13.8 Å². The van der Waals surface area contributed by atoms with Crippen LogP contribution in [0.25, 0.3) is 0 Å². The Morgan fingerprint density at radius 2 is 1.14 bits per heavy atom. The first-order chi connectivity index (χ1) is 17.2. The number of phenolic OH excluding ortho intramolecular Hbond substituents is 2. The highest BCUT2D eigenvalue weighted by atomic mass is 35.5. The lowest BCUT2D eigenvalue weighted by atomic mass is 9.78. The second-order valence-electron chi connectivity index (χ2n) is 8.93. The maximum atomic E-state index is 14.4. The molecule has 0 aliphatic rings. The summed E-state index contributed by atoms with van der Waals surface area (Å²) in [5, 5.41) is 20.4. The van der Waals surface area contributed by atoms with Crippen LogP contribution < -0.4 is 0 Å². The molecule has 0 amide bonds. The second-order valence-corrected chi connectivity index (χ2v) is 9.74. The molecule has 4 aromatic rings. The van der Waals surface area contributed by atoms with E-state index in [0.29, 0.717) is 22.9 Å². The maximum Gasteiger partial charge on any atom is 0.148 e. The molecule has 0 aliphatic heterocycles. The van der Waals surface area contributed by atoms with Crippen molar-refractivity contribution in [2.24, 2.45) is 0 Å². The minimum atomic E-state index is -0.525. The Morgan fingerprint density at radius 1 is 0.722 bits per heavy atom. The minimum absolute atomic E-state index is 0.000478. The van der Waals surface area contributed by atoms with Crippen molar-refractivity contribution in [1.82, 2.24) is 9.97 Å². The van der Waals surface area contributed by atoms with E-state index < -0.39 is 11.8 Å². The molecule has 4 rings (SSSR count). The SMILES string of the molecule is Cc1cc(C(Cc2ccc(O)cc2Cl)C(=O)C(Cc2ccc(O)cc2Cl)c2ccnc(C)c2)ccn1. The highest BCUT2D eigenvalue weighted by molar-refractivity contribution is 6.31. The van der Waals surface area contributed by atoms with E-state index in [1.54, 1.807) is 36.7 Å². The number of nitrogens with zero attached hydrogens (tertiary/aromatic N) is 2. The molecule has 0 aliphatic carbocycles. The summed E-state index contributed by atoms with van der Waals surface area (Å²) in [4.78, 5) is 23.0. The van der Waals surface area contributed by atoms with Crippen molar-refractivity contribution in [3.05, 3.63) is 117 Å². The van der Waals surface area contributed by atoms with Gasteiger partial charge in [0.1, 0.15) is 17.3 Å². The summed E-state index contributed by atoms with van der Waals surface area (Å²) in [7, 11) is 0. The number of Topliss-reactive ketones (excluding diaryl/α,β-unsaturated/α-hetero) is 1. The third-order valence-electron chi connectivity index (χ3n) is 6.25. The Kier molecular flexibility index (Phi) is 7.92. The lowest BCUT2D eigenvalue weighted by molar-refractivity contribution is -0.122. The number of carbonyl (C=O) groups excluding carboxylic acids is 1. The number of halogens is 2. The summed E-state index contributed by atoms with van der Waals surface area (Å²) in [6.45, 7) is 3.77. The van der Waals surface area contributed by atoms with Gasteiger partial charge in [0.05, 0.1) is 0 Å². The molecule has 0 spiro atoms. The fraction of sp³-hybridized carbons (Fsp3) is 0.207. The van der Waals surface area contributed by atoms with Crippen molar-refractivity contribution in [3.63, 3.8) is 0 Å². The highest BCUT2D eigenvalue weighted by Gasteiger charge is 2.31. The zero-order valence-electron chi connectivity index (χ0n) is 20.0. The quantitative estimate of drug-likeness (QED) is 0.269. The van der Waals surface area contributed by atoms with Crippen molar-refractivity contribution in [3.8, 4) is 11.5 Å². The number of aryl methyl sites for hydroxylation is 2. The number of rotatable bonds is 8. The van der Waals surface area contributed by atoms with E-state index in [1.165, 1.54) is 12.1 Å². The molecule has 0 saturated carbocycles. The number of aromatic hydroxyl groups is 2. The van der Waals surface area contributed by atoms with Gasteiger partial charge in [-0.1, -0.05) is 35.3 Å². The van der Waals surface area contributed by atoms with Gasteiger partial charge in [0.2, 0.25) is 0 Å². The molecule has 0 bridgehead atoms. The number of hydrogen-bond acceptors (Lipinski definition) is 5. The number of hydrogen-bond donors (Lipinski definition) is 2. The molecule has 36 heavy (non-hydrogen) atoms. The molecule has 7 heteroatoms. The summed E-state index contributed by atoms with van der Waals surface area (Å²) in [6.07, 6.45) is 4.11. The zero-order chi connectivity index (χ0) is 25.8. The normalized spacial score (nSPS) is 12.8. The Morgan fingerprint density at radius 3 is 1.50 bits per heavy atom. The van der Waals surface area contributed by atoms with Gasteiger partial charge in [0, 0.05) is 45.7 Å². The van der Waals surface area contributed by atoms with Crippen molar-refractivity contribution in [2.45, 2.75) is 38.5 Å². The first-order valence-electron chi connectivity index (χ1n) is 11.5. The summed E-state index contributed by atoms with van der Waals surface area (Å²) in [5.74, 6) is -0.914. The third kappa shape index (κ3) is 6.04. The fourth-order valence-electron chi connectivity index (χ4n) is 4.42. The van der Waals surface area contributed by atoms with Gasteiger partial charge >= 0.3 is 0 Å². The van der Waals surface area contributed by atoms with Crippen LogP contribution in [0.15, 0.2) is 73.1 Å². The Balaban J connectivity index is 1.80. The van der Waals surface area contributed by atoms with E-state index in [0.717, 1.165) is 33.6 Å². The molecular formula is C29H26Cl2N2O3. The average molecular weight is 521 g/mol. The molecule has 2 N–H and O–H groups in total. The van der Waals surface area contributed by atoms with Gasteiger partial charge in [-0.15, -0.1) is 0 Å². The zero-order valence-corrected chi connectivity index (χ0v) is 21.5. The van der Waals surface area contributed by atoms with E-state index in [1.807, 2.05) is 38.1 Å². The fourth-order valence-corrected chi connectivity index (χ4v) is 4.92. The van der Waals surface area contributed by atoms with Crippen molar-refractivity contribution >= 4 is 29.0 Å². The van der Waals surface area contributed by atoms with Crippen molar-refractivity contribution < 1.29 is 15.0 Å². The monoisotopic (exact) mass is 520 g/mol. The van der Waals surface area contributed by atoms with Crippen LogP contribution in [-0.2, 0) is 17.6 Å². The van der Waals surface area contributed by atoms with Crippen LogP contribution in [-0.4, -0.2) is 26.0 Å². The summed E-state index contributed by atoms with van der Waals surface area (Å²) in [5.41, 5.74) is 4.80. The molecule has 2 heterocycles. The molecule has 0 fully saturated rings. The highest BCUT2D eigenvalue weighted by Crippen LogP contribution is 2.36. The molecule has 5 nitrogen and oxygen atoms in total. The summed E-state index contributed by atoms with van der Waals surface area (Å²) < 4.78 is 0. The van der Waals surface area contributed by atoms with E-state index in [-0.39, 0.29) is 17.3 Å². The van der Waals surface area contributed by atoms with Gasteiger partial charge in [-0.25, -0.2) is 0 Å². The van der Waals surface area contributed by atoms with Crippen LogP contribution in [0.5, 0.6) is 11.5 Å². The number of ketones is 1. The van der Waals surface area contributed by atoms with Crippen LogP contribution in [0.2, 0.25) is 10.0 Å². The van der Waals surface area contributed by atoms with Crippen molar-refractivity contribution in [1.29, 1.82) is 0 Å². The topological polar surface area (TPSA) is 83.3 Å².